The van der Waals surface area contributed by atoms with Gasteiger partial charge in [0, 0.05) is 127 Å². The summed E-state index contributed by atoms with van der Waals surface area (Å²) in [6, 6.07) is 3.36. The number of amides is 11. The van der Waals surface area contributed by atoms with Gasteiger partial charge in [0.2, 0.25) is 65.0 Å². The van der Waals surface area contributed by atoms with Crippen LogP contribution in [-0.2, 0) is 104 Å². The van der Waals surface area contributed by atoms with E-state index >= 15 is 4.79 Å². The number of benzene rings is 2. The van der Waals surface area contributed by atoms with Crippen LogP contribution in [0, 0.1) is 0 Å². The Morgan fingerprint density at radius 3 is 1.72 bits per heavy atom. The molecule has 4 heterocycles. The molecular formula is C75H112N14O23S2. The fraction of sp³-hybridized carbons (Fsp3) is 0.640. The predicted octanol–water partition coefficient (Wildman–Crippen LogP) is -2.39. The van der Waals surface area contributed by atoms with Crippen LogP contribution in [0.5, 0.6) is 0 Å². The van der Waals surface area contributed by atoms with Crippen LogP contribution >= 0.6 is 23.5 Å². The smallest absolute Gasteiger partial charge is 0.330 e. The molecule has 0 saturated carbocycles. The fourth-order valence-corrected chi connectivity index (χ4v) is 15.3. The number of hydrogen-bond acceptors (Lipinski definition) is 24. The van der Waals surface area contributed by atoms with E-state index < -0.39 is 162 Å². The molecule has 2 aromatic rings. The van der Waals surface area contributed by atoms with Crippen molar-refractivity contribution < 1.29 is 112 Å². The molecule has 3 fully saturated rings. The second kappa shape index (κ2) is 50.3. The van der Waals surface area contributed by atoms with E-state index in [0.717, 1.165) is 11.1 Å². The number of fused-ring (bicyclic) bond motifs is 4. The summed E-state index contributed by atoms with van der Waals surface area (Å²) in [5.74, 6) is -12.8. The van der Waals surface area contributed by atoms with Crippen LogP contribution in [0.1, 0.15) is 114 Å². The second-order valence-electron chi connectivity index (χ2n) is 28.3. The first-order chi connectivity index (χ1) is 54.6. The highest BCUT2D eigenvalue weighted by molar-refractivity contribution is 7.98. The first-order valence-corrected chi connectivity index (χ1v) is 40.9. The van der Waals surface area contributed by atoms with E-state index in [2.05, 4.69) is 42.5 Å². The van der Waals surface area contributed by atoms with Crippen molar-refractivity contribution in [3.05, 3.63) is 71.3 Å². The zero-order valence-electron chi connectivity index (χ0n) is 64.6. The number of carboxylic acid groups (broad SMARTS) is 4. The molecule has 2 aromatic carbocycles. The van der Waals surface area contributed by atoms with Crippen molar-refractivity contribution in [2.75, 3.05) is 130 Å². The standard InChI is InChI=1S/C75H112N14O23S2/c1-3-4-17-52(79-61(93)23-22-60(92)77-24-11-34-110-36-38-112-39-37-111-35-12-25-78-71(103)65(75(108)109)87-32-30-85(42-62(94)95)28-29-86(31-33-87)43-63(96)97)66(98)82-55-46-113-44-50-15-8-16-51(40-50)45-114-47-56(74(106)107)83-68(100)54(41-49-13-6-5-7-14-49)81-67(99)53(20-21-59(76)91)80-70(102)64(48(2)90)84-69(101)57-18-9-26-88(57)73(105)58-19-10-27-89(58)72(55)104/h5-8,13-16,40,48,52-58,64-65,90H,3-4,9-12,17-39,41-47H2,1-2H3,(H2,76,91)(H,77,92)(H,78,103)(H,79,93)(H,80,102)(H,81,99)(H,82,98)(H,83,100)(H,84,101)(H,94,95)(H,96,97)(H,106,107)(H,108,109)/t48-,52+,53+,54+,55+,56?,57+,58+,64+,65?/m1/s1. The van der Waals surface area contributed by atoms with Gasteiger partial charge in [-0.3, -0.25) is 77.0 Å². The largest absolute Gasteiger partial charge is 0.480 e. The molecule has 2 unspecified atom stereocenters. The van der Waals surface area contributed by atoms with E-state index in [1.807, 2.05) is 25.1 Å². The minimum atomic E-state index is -1.75. The molecule has 4 aliphatic heterocycles. The number of rotatable bonds is 37. The summed E-state index contributed by atoms with van der Waals surface area (Å²) in [5, 5.41) is 71.3. The number of nitrogens with zero attached hydrogens (tertiary/aromatic N) is 5. The van der Waals surface area contributed by atoms with Gasteiger partial charge in [-0.05, 0) is 75.0 Å². The lowest BCUT2D eigenvalue weighted by Crippen LogP contribution is -2.61. The van der Waals surface area contributed by atoms with Gasteiger partial charge in [-0.2, -0.15) is 23.5 Å². The lowest BCUT2D eigenvalue weighted by atomic mass is 10.0. The normalized spacial score (nSPS) is 22.0. The third kappa shape index (κ3) is 33.0. The Morgan fingerprint density at radius 2 is 1.14 bits per heavy atom. The molecule has 10 atom stereocenters. The molecule has 114 heavy (non-hydrogen) atoms. The van der Waals surface area contributed by atoms with E-state index in [9.17, 15) is 92.7 Å². The number of unbranched alkanes of at least 4 members (excludes halogenated alkanes) is 1. The molecule has 15 N–H and O–H groups in total. The van der Waals surface area contributed by atoms with Gasteiger partial charge in [0.15, 0.2) is 6.04 Å². The zero-order valence-corrected chi connectivity index (χ0v) is 66.3. The molecule has 2 bridgehead atoms. The van der Waals surface area contributed by atoms with Crippen molar-refractivity contribution in [3.63, 3.8) is 0 Å². The van der Waals surface area contributed by atoms with Crippen LogP contribution in [0.15, 0.2) is 54.6 Å². The monoisotopic (exact) mass is 1640 g/mol. The van der Waals surface area contributed by atoms with E-state index in [4.69, 9.17) is 19.9 Å². The number of nitrogens with two attached hydrogens (primary N) is 1. The highest BCUT2D eigenvalue weighted by Gasteiger charge is 2.45. The van der Waals surface area contributed by atoms with E-state index in [0.29, 0.717) is 49.8 Å². The maximum Gasteiger partial charge on any atom is 0.330 e. The Balaban J connectivity index is 1.01. The van der Waals surface area contributed by atoms with E-state index in [1.165, 1.54) is 45.1 Å². The molecule has 0 aliphatic carbocycles. The minimum Gasteiger partial charge on any atom is -0.480 e. The molecule has 0 radical (unpaired) electrons. The molecule has 6 rings (SSSR count). The van der Waals surface area contributed by atoms with Gasteiger partial charge in [-0.25, -0.2) is 9.59 Å². The van der Waals surface area contributed by atoms with Gasteiger partial charge in [0.25, 0.3) is 0 Å². The van der Waals surface area contributed by atoms with Crippen molar-refractivity contribution >= 4 is 112 Å². The summed E-state index contributed by atoms with van der Waals surface area (Å²) in [5.41, 5.74) is 7.64. The number of aliphatic hydroxyl groups is 1. The number of ether oxygens (including phenoxy) is 3. The van der Waals surface area contributed by atoms with Gasteiger partial charge in [0.05, 0.1) is 45.6 Å². The predicted molar refractivity (Wildman–Crippen MR) is 415 cm³/mol. The van der Waals surface area contributed by atoms with Crippen molar-refractivity contribution in [1.82, 2.24) is 67.0 Å². The number of carbonyl (C=O) groups excluding carboxylic acids is 11. The Hall–Kier alpha value is -9.09. The number of carbonyl (C=O) groups is 15. The molecule has 0 aromatic heterocycles. The molecule has 11 amide bonds. The van der Waals surface area contributed by atoms with Crippen LogP contribution < -0.4 is 48.3 Å². The minimum absolute atomic E-state index is 0.0163. The summed E-state index contributed by atoms with van der Waals surface area (Å²) in [4.78, 5) is 208. The van der Waals surface area contributed by atoms with Crippen molar-refractivity contribution in [2.24, 2.45) is 5.73 Å². The highest BCUT2D eigenvalue weighted by atomic mass is 32.2. The molecule has 37 nitrogen and oxygen atoms in total. The number of thioether (sulfide) groups is 2. The number of aliphatic hydroxyl groups excluding tert-OH is 1. The Labute approximate surface area is 670 Å². The summed E-state index contributed by atoms with van der Waals surface area (Å²) < 4.78 is 16.8. The highest BCUT2D eigenvalue weighted by Crippen LogP contribution is 2.28. The van der Waals surface area contributed by atoms with Crippen LogP contribution in [0.2, 0.25) is 0 Å². The quantitative estimate of drug-likeness (QED) is 0.0248. The zero-order chi connectivity index (χ0) is 83.1. The number of carboxylic acids is 4. The Kier molecular flexibility index (Phi) is 41.4. The third-order valence-corrected chi connectivity index (χ3v) is 21.6. The topological polar surface area (TPSA) is 523 Å². The van der Waals surface area contributed by atoms with Crippen LogP contribution in [-0.4, -0.2) is 329 Å². The van der Waals surface area contributed by atoms with E-state index in [-0.39, 0.29) is 174 Å². The van der Waals surface area contributed by atoms with Gasteiger partial charge in [-0.1, -0.05) is 74.4 Å². The number of nitrogens with one attached hydrogen (secondary N) is 8. The van der Waals surface area contributed by atoms with Crippen LogP contribution in [0.4, 0.5) is 0 Å². The second-order valence-corrected chi connectivity index (χ2v) is 30.4. The molecule has 0 spiro atoms. The van der Waals surface area contributed by atoms with E-state index in [1.54, 1.807) is 46.2 Å². The van der Waals surface area contributed by atoms with Crippen molar-refractivity contribution in [1.29, 1.82) is 0 Å². The summed E-state index contributed by atoms with van der Waals surface area (Å²) in [6.07, 6.45) is 0.0321. The molecule has 39 heteroatoms. The van der Waals surface area contributed by atoms with Gasteiger partial charge >= 0.3 is 23.9 Å². The van der Waals surface area contributed by atoms with Crippen molar-refractivity contribution in [2.45, 2.75) is 176 Å². The van der Waals surface area contributed by atoms with Gasteiger partial charge in [0.1, 0.15) is 48.3 Å². The van der Waals surface area contributed by atoms with Gasteiger partial charge < -0.3 is 97.8 Å². The maximum atomic E-state index is 15.1. The van der Waals surface area contributed by atoms with Crippen LogP contribution in [0.25, 0.3) is 0 Å². The Morgan fingerprint density at radius 1 is 0.588 bits per heavy atom. The van der Waals surface area contributed by atoms with Crippen LogP contribution in [0.3, 0.4) is 0 Å². The number of primary amides is 1. The van der Waals surface area contributed by atoms with Crippen molar-refractivity contribution in [3.8, 4) is 0 Å². The molecule has 4 aliphatic rings. The summed E-state index contributed by atoms with van der Waals surface area (Å²) in [6.45, 7) is 5.29. The average molecular weight is 1640 g/mol. The summed E-state index contributed by atoms with van der Waals surface area (Å²) >= 11 is 2.51. The molecule has 3 saturated heterocycles. The first kappa shape index (κ1) is 93.8. The Bertz CT molecular complexity index is 3520. The maximum absolute atomic E-state index is 15.1. The third-order valence-electron chi connectivity index (χ3n) is 19.4. The number of aliphatic carboxylic acids is 4. The average Bonchev–Trinajstić information content (AvgIpc) is 1.64. The fourth-order valence-electron chi connectivity index (χ4n) is 13.3. The molecular weight excluding hydrogens is 1530 g/mol. The lowest BCUT2D eigenvalue weighted by molar-refractivity contribution is -0.150. The lowest BCUT2D eigenvalue weighted by Gasteiger charge is -2.34. The molecule has 632 valence electrons. The SMILES string of the molecule is CCCC[C@H](NC(=O)CCC(=O)NCCCOCCOCCOCCCNC(=O)C(C(=O)O)N1CCN(CC(=O)O)CCN(CC(=O)O)CC1)C(=O)N[C@H]1CSCc2cccc(c2)CSCC(C(=O)O)NC(=O)[C@H](Cc2ccccc2)NC(=O)[C@H](CCC(N)=O)NC(=O)[C@H]([C@@H](C)O)NC(=O)[C@@H]2CCCN2C(=O)[C@@H]2CCCN2C1=O. The number of hydrogen-bond donors (Lipinski definition) is 14. The summed E-state index contributed by atoms with van der Waals surface area (Å²) in [7, 11) is 0. The first-order valence-electron chi connectivity index (χ1n) is 38.6. The van der Waals surface area contributed by atoms with Gasteiger partial charge in [-0.15, -0.1) is 0 Å².